The summed E-state index contributed by atoms with van der Waals surface area (Å²) in [6.07, 6.45) is 2.09. The van der Waals surface area contributed by atoms with E-state index in [1.807, 2.05) is 41.1 Å². The van der Waals surface area contributed by atoms with Crippen molar-refractivity contribution in [3.8, 4) is 11.5 Å². The predicted octanol–water partition coefficient (Wildman–Crippen LogP) is 8.52. The minimum atomic E-state index is -0.456. The lowest BCUT2D eigenvalue weighted by atomic mass is 9.85. The van der Waals surface area contributed by atoms with Gasteiger partial charge in [0.15, 0.2) is 17.3 Å². The van der Waals surface area contributed by atoms with Crippen molar-refractivity contribution in [2.24, 2.45) is 0 Å². The zero-order chi connectivity index (χ0) is 30.2. The Bertz CT molecular complexity index is 1770. The second kappa shape index (κ2) is 12.4. The van der Waals surface area contributed by atoms with E-state index in [2.05, 4.69) is 54.2 Å². The van der Waals surface area contributed by atoms with Gasteiger partial charge >= 0.3 is 0 Å². The molecular formula is C33H32BrClN4O3S. The molecule has 2 aliphatic rings. The van der Waals surface area contributed by atoms with Crippen LogP contribution in [0.4, 0.5) is 5.95 Å². The molecule has 2 heterocycles. The lowest BCUT2D eigenvalue weighted by Crippen LogP contribution is -2.31. The van der Waals surface area contributed by atoms with Crippen molar-refractivity contribution in [3.63, 3.8) is 0 Å². The standard InChI is InChI=1S/C33H32BrClN4O3S/c1-18-12-20(3)23(13-19(18)2)16-42-31-24(34)14-22(15-28(31)41-4)30-29-26(10-7-11-27(29)40)36-32-37-33(38-39(30)32)43-17-21-8-5-6-9-25(21)35/h5-6,8-9,12-15,30H,7,10-11,16-17H2,1-4H3,(H,36,37,38). The first kappa shape index (κ1) is 29.8. The Labute approximate surface area is 269 Å². The number of Topliss-reactive ketones (excluding diaryl/α,β-unsaturated/α-hetero) is 1. The van der Waals surface area contributed by atoms with Gasteiger partial charge in [-0.1, -0.05) is 53.7 Å². The maximum atomic E-state index is 13.4. The highest BCUT2D eigenvalue weighted by atomic mass is 79.9. The van der Waals surface area contributed by atoms with Crippen molar-refractivity contribution in [3.05, 3.63) is 103 Å². The van der Waals surface area contributed by atoms with Crippen LogP contribution in [0.25, 0.3) is 0 Å². The third kappa shape index (κ3) is 5.95. The van der Waals surface area contributed by atoms with Gasteiger partial charge in [-0.2, -0.15) is 4.98 Å². The number of halogens is 2. The van der Waals surface area contributed by atoms with Crippen molar-refractivity contribution in [1.29, 1.82) is 0 Å². The normalized spacial score (nSPS) is 16.0. The lowest BCUT2D eigenvalue weighted by Gasteiger charge is -2.32. The zero-order valence-electron chi connectivity index (χ0n) is 24.5. The van der Waals surface area contributed by atoms with Gasteiger partial charge < -0.3 is 14.8 Å². The van der Waals surface area contributed by atoms with Crippen molar-refractivity contribution < 1.29 is 14.3 Å². The number of nitrogens with zero attached hydrogens (tertiary/aromatic N) is 3. The minimum Gasteiger partial charge on any atom is -0.493 e. The van der Waals surface area contributed by atoms with Crippen molar-refractivity contribution in [2.45, 2.75) is 63.6 Å². The van der Waals surface area contributed by atoms with E-state index >= 15 is 0 Å². The molecule has 4 aromatic rings. The molecule has 10 heteroatoms. The van der Waals surface area contributed by atoms with E-state index in [4.69, 9.17) is 31.2 Å². The Morgan fingerprint density at radius 3 is 2.65 bits per heavy atom. The molecule has 1 aliphatic heterocycles. The molecule has 0 radical (unpaired) electrons. The third-order valence-corrected chi connectivity index (χ3v) is 9.90. The summed E-state index contributed by atoms with van der Waals surface area (Å²) in [6, 6.07) is 15.6. The topological polar surface area (TPSA) is 78.3 Å². The number of aromatic nitrogens is 3. The molecule has 0 saturated carbocycles. The van der Waals surface area contributed by atoms with Gasteiger partial charge in [0.1, 0.15) is 12.6 Å². The number of rotatable bonds is 8. The van der Waals surface area contributed by atoms with E-state index in [1.165, 1.54) is 28.5 Å². The van der Waals surface area contributed by atoms with Crippen LogP contribution < -0.4 is 14.8 Å². The highest BCUT2D eigenvalue weighted by Gasteiger charge is 2.37. The Morgan fingerprint density at radius 1 is 1.07 bits per heavy atom. The Kier molecular flexibility index (Phi) is 8.58. The molecule has 43 heavy (non-hydrogen) atoms. The predicted molar refractivity (Wildman–Crippen MR) is 174 cm³/mol. The summed E-state index contributed by atoms with van der Waals surface area (Å²) in [5.74, 6) is 2.54. The molecule has 0 bridgehead atoms. The van der Waals surface area contributed by atoms with Crippen LogP contribution in [-0.2, 0) is 17.2 Å². The summed E-state index contributed by atoms with van der Waals surface area (Å²) < 4.78 is 14.7. The number of hydrogen-bond acceptors (Lipinski definition) is 7. The number of aryl methyl sites for hydroxylation is 3. The smallest absolute Gasteiger partial charge is 0.227 e. The maximum absolute atomic E-state index is 13.4. The average Bonchev–Trinajstić information content (AvgIpc) is 3.39. The highest BCUT2D eigenvalue weighted by molar-refractivity contribution is 9.10. The second-order valence-corrected chi connectivity index (χ2v) is 13.1. The summed E-state index contributed by atoms with van der Waals surface area (Å²) in [5.41, 5.74) is 8.29. The summed E-state index contributed by atoms with van der Waals surface area (Å²) in [5, 5.41) is 9.60. The molecule has 3 aromatic carbocycles. The molecule has 1 atom stereocenters. The van der Waals surface area contributed by atoms with E-state index in [-0.39, 0.29) is 5.78 Å². The largest absolute Gasteiger partial charge is 0.493 e. The first-order valence-corrected chi connectivity index (χ1v) is 16.3. The zero-order valence-corrected chi connectivity index (χ0v) is 27.6. The van der Waals surface area contributed by atoms with Crippen LogP contribution >= 0.6 is 39.3 Å². The number of thioether (sulfide) groups is 1. The summed E-state index contributed by atoms with van der Waals surface area (Å²) in [7, 11) is 1.63. The average molecular weight is 680 g/mol. The molecule has 1 aromatic heterocycles. The number of ether oxygens (including phenoxy) is 2. The molecule has 0 amide bonds. The van der Waals surface area contributed by atoms with E-state index in [0.29, 0.717) is 46.4 Å². The number of anilines is 1. The van der Waals surface area contributed by atoms with Gasteiger partial charge in [0.2, 0.25) is 11.1 Å². The van der Waals surface area contributed by atoms with Crippen molar-refractivity contribution >= 4 is 51.0 Å². The molecule has 222 valence electrons. The molecule has 0 spiro atoms. The van der Waals surface area contributed by atoms with Crippen molar-refractivity contribution in [2.75, 3.05) is 12.4 Å². The molecule has 0 fully saturated rings. The monoisotopic (exact) mass is 678 g/mol. The highest BCUT2D eigenvalue weighted by Crippen LogP contribution is 2.45. The van der Waals surface area contributed by atoms with Gasteiger partial charge in [0.25, 0.3) is 0 Å². The first-order chi connectivity index (χ1) is 20.7. The third-order valence-electron chi connectivity index (χ3n) is 8.06. The molecular weight excluding hydrogens is 648 g/mol. The van der Waals surface area contributed by atoms with Gasteiger partial charge in [0.05, 0.1) is 11.6 Å². The van der Waals surface area contributed by atoms with Crippen molar-refractivity contribution in [1.82, 2.24) is 14.8 Å². The van der Waals surface area contributed by atoms with E-state index < -0.39 is 6.04 Å². The maximum Gasteiger partial charge on any atom is 0.227 e. The first-order valence-electron chi connectivity index (χ1n) is 14.2. The molecule has 1 N–H and O–H groups in total. The van der Waals surface area contributed by atoms with E-state index in [1.54, 1.807) is 7.11 Å². The number of nitrogens with one attached hydrogen (secondary N) is 1. The van der Waals surface area contributed by atoms with Gasteiger partial charge in [-0.15, -0.1) is 5.10 Å². The Balaban J connectivity index is 1.35. The van der Waals surface area contributed by atoms with E-state index in [9.17, 15) is 4.79 Å². The number of hydrogen-bond donors (Lipinski definition) is 1. The fourth-order valence-corrected chi connectivity index (χ4v) is 7.32. The van der Waals surface area contributed by atoms with E-state index in [0.717, 1.165) is 45.3 Å². The van der Waals surface area contributed by atoms with Crippen LogP contribution in [0.1, 0.15) is 58.7 Å². The number of carbonyl (C=O) groups is 1. The van der Waals surface area contributed by atoms with Gasteiger partial charge in [-0.05, 0) is 101 Å². The summed E-state index contributed by atoms with van der Waals surface area (Å²) in [6.45, 7) is 6.73. The van der Waals surface area contributed by atoms with Gasteiger partial charge in [-0.25, -0.2) is 4.68 Å². The lowest BCUT2D eigenvalue weighted by molar-refractivity contribution is -0.116. The number of fused-ring (bicyclic) bond motifs is 1. The molecule has 1 unspecified atom stereocenters. The van der Waals surface area contributed by atoms with Crippen LogP contribution in [0, 0.1) is 20.8 Å². The van der Waals surface area contributed by atoms with Gasteiger partial charge in [0, 0.05) is 28.5 Å². The van der Waals surface area contributed by atoms with Gasteiger partial charge in [-0.3, -0.25) is 4.79 Å². The fourth-order valence-electron chi connectivity index (χ4n) is 5.63. The Hall–Kier alpha value is -3.27. The molecule has 0 saturated heterocycles. The summed E-state index contributed by atoms with van der Waals surface area (Å²) >= 11 is 11.6. The SMILES string of the molecule is COc1cc(C2C3=C(CCCC3=O)Nc3nc(SCc4ccccc4Cl)nn32)cc(Br)c1OCc1cc(C)c(C)cc1C. The number of allylic oxidation sites excluding steroid dienone is 2. The number of methoxy groups -OCH3 is 1. The number of benzene rings is 3. The minimum absolute atomic E-state index is 0.116. The van der Waals surface area contributed by atoms with Crippen LogP contribution in [0.2, 0.25) is 5.02 Å². The van der Waals surface area contributed by atoms with Crippen LogP contribution in [-0.4, -0.2) is 27.7 Å². The van der Waals surface area contributed by atoms with Crippen LogP contribution in [0.15, 0.2) is 69.4 Å². The Morgan fingerprint density at radius 2 is 1.86 bits per heavy atom. The quantitative estimate of drug-likeness (QED) is 0.187. The second-order valence-electron chi connectivity index (χ2n) is 10.9. The van der Waals surface area contributed by atoms with Crippen LogP contribution in [0.3, 0.4) is 0 Å². The molecule has 6 rings (SSSR count). The van der Waals surface area contributed by atoms with Crippen LogP contribution in [0.5, 0.6) is 11.5 Å². The summed E-state index contributed by atoms with van der Waals surface area (Å²) in [4.78, 5) is 18.2. The number of carbonyl (C=O) groups excluding carboxylic acids is 1. The fraction of sp³-hybridized carbons (Fsp3) is 0.303. The molecule has 1 aliphatic carbocycles. The molecule has 7 nitrogen and oxygen atoms in total. The number of ketones is 1.